The van der Waals surface area contributed by atoms with E-state index >= 15 is 0 Å². The maximum atomic E-state index is 12.3. The smallest absolute Gasteiger partial charge is 0.274 e. The van der Waals surface area contributed by atoms with Crippen LogP contribution in [0.2, 0.25) is 0 Å². The molecule has 1 heterocycles. The Kier molecular flexibility index (Phi) is 3.98. The lowest BCUT2D eigenvalue weighted by Crippen LogP contribution is -2.13. The van der Waals surface area contributed by atoms with E-state index < -0.39 is 10.8 Å². The summed E-state index contributed by atoms with van der Waals surface area (Å²) in [5, 5.41) is 3.77. The molecule has 3 rings (SSSR count). The summed E-state index contributed by atoms with van der Waals surface area (Å²) < 4.78 is 11.5. The standard InChI is InChI=1S/C17H14N2O2S/c1-22(21)14-7-4-6-13(11-14)18-17(20)16-10-9-12-5-2-3-8-15(12)19-16/h2-11H,1H3,(H,18,20). The van der Waals surface area contributed by atoms with E-state index in [9.17, 15) is 9.00 Å². The quantitative estimate of drug-likeness (QED) is 0.808. The van der Waals surface area contributed by atoms with Crippen molar-refractivity contribution in [3.05, 3.63) is 66.4 Å². The van der Waals surface area contributed by atoms with Gasteiger partial charge in [-0.1, -0.05) is 30.3 Å². The van der Waals surface area contributed by atoms with E-state index in [1.54, 1.807) is 36.6 Å². The zero-order chi connectivity index (χ0) is 15.5. The Morgan fingerprint density at radius 3 is 2.68 bits per heavy atom. The first-order valence-corrected chi connectivity index (χ1v) is 8.30. The molecule has 0 radical (unpaired) electrons. The second-order valence-corrected chi connectivity index (χ2v) is 6.20. The van der Waals surface area contributed by atoms with Crippen molar-refractivity contribution in [2.45, 2.75) is 4.90 Å². The number of rotatable bonds is 3. The highest BCUT2D eigenvalue weighted by Crippen LogP contribution is 2.16. The van der Waals surface area contributed by atoms with Crippen LogP contribution in [-0.2, 0) is 10.8 Å². The lowest BCUT2D eigenvalue weighted by atomic mass is 10.2. The van der Waals surface area contributed by atoms with Crippen molar-refractivity contribution >= 4 is 33.3 Å². The first-order chi connectivity index (χ1) is 10.6. The lowest BCUT2D eigenvalue weighted by Gasteiger charge is -2.07. The molecule has 0 aliphatic carbocycles. The minimum Gasteiger partial charge on any atom is -0.321 e. The van der Waals surface area contributed by atoms with Gasteiger partial charge in [-0.05, 0) is 30.3 Å². The Hall–Kier alpha value is -2.53. The number of hydrogen-bond donors (Lipinski definition) is 1. The summed E-state index contributed by atoms with van der Waals surface area (Å²) in [4.78, 5) is 17.3. The molecular weight excluding hydrogens is 296 g/mol. The van der Waals surface area contributed by atoms with Gasteiger partial charge in [0.2, 0.25) is 0 Å². The number of nitrogens with zero attached hydrogens (tertiary/aromatic N) is 1. The summed E-state index contributed by atoms with van der Waals surface area (Å²) in [6.07, 6.45) is 1.60. The maximum absolute atomic E-state index is 12.3. The number of hydrogen-bond acceptors (Lipinski definition) is 3. The third-order valence-electron chi connectivity index (χ3n) is 3.25. The van der Waals surface area contributed by atoms with Gasteiger partial charge in [-0.2, -0.15) is 0 Å². The first-order valence-electron chi connectivity index (χ1n) is 6.74. The fourth-order valence-electron chi connectivity index (χ4n) is 2.14. The molecule has 1 aromatic heterocycles. The van der Waals surface area contributed by atoms with E-state index in [1.807, 2.05) is 30.3 Å². The summed E-state index contributed by atoms with van der Waals surface area (Å²) in [5.41, 5.74) is 1.73. The molecule has 1 amide bonds. The van der Waals surface area contributed by atoms with Gasteiger partial charge >= 0.3 is 0 Å². The second-order valence-electron chi connectivity index (χ2n) is 4.83. The molecule has 0 saturated carbocycles. The van der Waals surface area contributed by atoms with Crippen LogP contribution in [0.25, 0.3) is 10.9 Å². The number of carbonyl (C=O) groups is 1. The van der Waals surface area contributed by atoms with Crippen LogP contribution in [0, 0.1) is 0 Å². The Morgan fingerprint density at radius 1 is 1.05 bits per heavy atom. The number of carbonyl (C=O) groups excluding carboxylic acids is 1. The van der Waals surface area contributed by atoms with Crippen molar-refractivity contribution in [3.8, 4) is 0 Å². The molecule has 3 aromatic rings. The van der Waals surface area contributed by atoms with E-state index in [0.29, 0.717) is 16.3 Å². The molecule has 1 atom stereocenters. The molecule has 0 aliphatic heterocycles. The average Bonchev–Trinajstić information content (AvgIpc) is 2.54. The Bertz CT molecular complexity index is 877. The summed E-state index contributed by atoms with van der Waals surface area (Å²) in [6.45, 7) is 0. The largest absolute Gasteiger partial charge is 0.321 e. The molecule has 0 fully saturated rings. The normalized spacial score (nSPS) is 12.0. The number of para-hydroxylation sites is 1. The number of amides is 1. The van der Waals surface area contributed by atoms with Gasteiger partial charge in [0.25, 0.3) is 5.91 Å². The fraction of sp³-hybridized carbons (Fsp3) is 0.0588. The highest BCUT2D eigenvalue weighted by Gasteiger charge is 2.09. The number of pyridine rings is 1. The Labute approximate surface area is 130 Å². The molecule has 0 saturated heterocycles. The molecular formula is C17H14N2O2S. The van der Waals surface area contributed by atoms with Gasteiger partial charge in [0, 0.05) is 33.0 Å². The molecule has 22 heavy (non-hydrogen) atoms. The second kappa shape index (κ2) is 6.07. The molecule has 1 unspecified atom stereocenters. The number of benzene rings is 2. The predicted molar refractivity (Wildman–Crippen MR) is 88.5 cm³/mol. The van der Waals surface area contributed by atoms with Crippen molar-refractivity contribution in [2.24, 2.45) is 0 Å². The van der Waals surface area contributed by atoms with Crippen LogP contribution < -0.4 is 5.32 Å². The summed E-state index contributed by atoms with van der Waals surface area (Å²) >= 11 is 0. The minimum absolute atomic E-state index is 0.287. The van der Waals surface area contributed by atoms with Crippen molar-refractivity contribution in [2.75, 3.05) is 11.6 Å². The number of anilines is 1. The van der Waals surface area contributed by atoms with Crippen molar-refractivity contribution in [3.63, 3.8) is 0 Å². The minimum atomic E-state index is -1.08. The zero-order valence-corrected chi connectivity index (χ0v) is 12.8. The van der Waals surface area contributed by atoms with Crippen LogP contribution in [0.15, 0.2) is 65.6 Å². The van der Waals surface area contributed by atoms with Crippen molar-refractivity contribution in [1.29, 1.82) is 0 Å². The van der Waals surface area contributed by atoms with Gasteiger partial charge in [-0.25, -0.2) is 4.98 Å². The van der Waals surface area contributed by atoms with Crippen LogP contribution in [-0.4, -0.2) is 21.4 Å². The lowest BCUT2D eigenvalue weighted by molar-refractivity contribution is 0.102. The highest BCUT2D eigenvalue weighted by atomic mass is 32.2. The van der Waals surface area contributed by atoms with Gasteiger partial charge < -0.3 is 5.32 Å². The van der Waals surface area contributed by atoms with Crippen LogP contribution in [0.4, 0.5) is 5.69 Å². The summed E-state index contributed by atoms with van der Waals surface area (Å²) in [6, 6.07) is 18.2. The van der Waals surface area contributed by atoms with Gasteiger partial charge in [0.15, 0.2) is 0 Å². The molecule has 1 N–H and O–H groups in total. The Balaban J connectivity index is 1.86. The zero-order valence-electron chi connectivity index (χ0n) is 11.9. The van der Waals surface area contributed by atoms with E-state index in [2.05, 4.69) is 10.3 Å². The van der Waals surface area contributed by atoms with E-state index in [0.717, 1.165) is 10.9 Å². The topological polar surface area (TPSA) is 59.1 Å². The van der Waals surface area contributed by atoms with Crippen LogP contribution in [0.3, 0.4) is 0 Å². The SMILES string of the molecule is CS(=O)c1cccc(NC(=O)c2ccc3ccccc3n2)c1. The van der Waals surface area contributed by atoms with Gasteiger partial charge in [-0.3, -0.25) is 9.00 Å². The molecule has 0 aliphatic rings. The van der Waals surface area contributed by atoms with E-state index in [4.69, 9.17) is 0 Å². The Morgan fingerprint density at radius 2 is 1.86 bits per heavy atom. The van der Waals surface area contributed by atoms with E-state index in [1.165, 1.54) is 0 Å². The maximum Gasteiger partial charge on any atom is 0.274 e. The molecule has 4 nitrogen and oxygen atoms in total. The molecule has 2 aromatic carbocycles. The molecule has 0 spiro atoms. The van der Waals surface area contributed by atoms with Crippen LogP contribution >= 0.6 is 0 Å². The average molecular weight is 310 g/mol. The summed E-state index contributed by atoms with van der Waals surface area (Å²) in [5.74, 6) is -0.287. The highest BCUT2D eigenvalue weighted by molar-refractivity contribution is 7.84. The summed E-state index contributed by atoms with van der Waals surface area (Å²) in [7, 11) is -1.08. The van der Waals surface area contributed by atoms with E-state index in [-0.39, 0.29) is 5.91 Å². The first kappa shape index (κ1) is 14.4. The van der Waals surface area contributed by atoms with Crippen molar-refractivity contribution in [1.82, 2.24) is 4.98 Å². The third kappa shape index (κ3) is 3.04. The van der Waals surface area contributed by atoms with Gasteiger partial charge in [0.1, 0.15) is 5.69 Å². The number of nitrogens with one attached hydrogen (secondary N) is 1. The monoisotopic (exact) mass is 310 g/mol. The van der Waals surface area contributed by atoms with Crippen molar-refractivity contribution < 1.29 is 9.00 Å². The molecule has 0 bridgehead atoms. The van der Waals surface area contributed by atoms with Gasteiger partial charge in [0.05, 0.1) is 5.52 Å². The van der Waals surface area contributed by atoms with Crippen LogP contribution in [0.5, 0.6) is 0 Å². The van der Waals surface area contributed by atoms with Crippen LogP contribution in [0.1, 0.15) is 10.5 Å². The molecule has 110 valence electrons. The number of fused-ring (bicyclic) bond motifs is 1. The van der Waals surface area contributed by atoms with Gasteiger partial charge in [-0.15, -0.1) is 0 Å². The number of aromatic nitrogens is 1. The predicted octanol–water partition coefficient (Wildman–Crippen LogP) is 3.22. The molecule has 5 heteroatoms. The fourth-order valence-corrected chi connectivity index (χ4v) is 2.70. The third-order valence-corrected chi connectivity index (χ3v) is 4.17.